The molecule has 0 aliphatic carbocycles. The SMILES string of the molecule is Fc1ccc(Cl)c(F)c1S(F)(F)(F)(F)F.Fc1cccc(F)c1S(F)(F)(F)(F)Cl.Fc1cccc(F)c1S(F)(F)(F)(F)F. The lowest BCUT2D eigenvalue weighted by atomic mass is 10.3. The Bertz CT molecular complexity index is 1450. The van der Waals surface area contributed by atoms with Crippen LogP contribution < -0.4 is 0 Å². The Morgan fingerprint density at radius 1 is 0.395 bits per heavy atom. The fraction of sp³-hybridized carbons (Fsp3) is 0. The van der Waals surface area contributed by atoms with Gasteiger partial charge in [-0.1, -0.05) is 62.6 Å². The highest BCUT2D eigenvalue weighted by molar-refractivity contribution is 8.65. The highest BCUT2D eigenvalue weighted by Crippen LogP contribution is 3.05. The van der Waals surface area contributed by atoms with Crippen molar-refractivity contribution in [3.8, 4) is 0 Å². The van der Waals surface area contributed by atoms with Crippen molar-refractivity contribution in [2.75, 3.05) is 0 Å². The highest BCUT2D eigenvalue weighted by Gasteiger charge is 2.70. The summed E-state index contributed by atoms with van der Waals surface area (Å²) in [6.07, 6.45) is 0. The molecular weight excluding hydrogens is 763 g/mol. The molecule has 25 heteroatoms. The predicted molar refractivity (Wildman–Crippen MR) is 123 cm³/mol. The lowest BCUT2D eigenvalue weighted by molar-refractivity contribution is 0.341. The quantitative estimate of drug-likeness (QED) is 0.184. The third-order valence-electron chi connectivity index (χ3n) is 4.00. The van der Waals surface area contributed by atoms with Crippen LogP contribution in [0.1, 0.15) is 0 Å². The molecule has 0 radical (unpaired) electrons. The summed E-state index contributed by atoms with van der Waals surface area (Å²) in [7, 11) is -26.2. The fourth-order valence-electron chi connectivity index (χ4n) is 2.56. The van der Waals surface area contributed by atoms with Gasteiger partial charge in [-0.05, 0) is 36.4 Å². The van der Waals surface area contributed by atoms with Gasteiger partial charge in [0.15, 0.2) is 20.5 Å². The maximum absolute atomic E-state index is 12.7. The summed E-state index contributed by atoms with van der Waals surface area (Å²) in [4.78, 5) is -8.95. The molecule has 0 amide bonds. The number of halogens is 22. The van der Waals surface area contributed by atoms with E-state index in [2.05, 4.69) is 10.7 Å². The average Bonchev–Trinajstić information content (AvgIpc) is 2.65. The van der Waals surface area contributed by atoms with Crippen molar-refractivity contribution in [1.82, 2.24) is 0 Å². The summed E-state index contributed by atoms with van der Waals surface area (Å²) < 4.78 is 245. The van der Waals surface area contributed by atoms with Crippen LogP contribution >= 0.6 is 51.8 Å². The van der Waals surface area contributed by atoms with Crippen molar-refractivity contribution < 1.29 is 80.7 Å². The first kappa shape index (κ1) is 38.9. The molecule has 43 heavy (non-hydrogen) atoms. The molecule has 0 atom stereocenters. The largest absolute Gasteiger partial charge is 0.315 e. The first-order valence-electron chi connectivity index (χ1n) is 9.40. The van der Waals surface area contributed by atoms with Gasteiger partial charge in [0.2, 0.25) is 0 Å². The van der Waals surface area contributed by atoms with E-state index < -0.39 is 84.1 Å². The number of hydrogen-bond acceptors (Lipinski definition) is 0. The molecule has 0 unspecified atom stereocenters. The van der Waals surface area contributed by atoms with Crippen LogP contribution in [0.5, 0.6) is 0 Å². The van der Waals surface area contributed by atoms with E-state index >= 15 is 0 Å². The Labute approximate surface area is 235 Å². The van der Waals surface area contributed by atoms with E-state index in [0.29, 0.717) is 18.2 Å². The number of hydrogen-bond donors (Lipinski definition) is 0. The van der Waals surface area contributed by atoms with E-state index in [-0.39, 0.29) is 30.3 Å². The second-order valence-electron chi connectivity index (χ2n) is 7.68. The zero-order valence-corrected chi connectivity index (χ0v) is 23.1. The first-order valence-corrected chi connectivity index (χ1v) is 16.6. The van der Waals surface area contributed by atoms with Gasteiger partial charge in [-0.25, -0.2) is 26.3 Å². The lowest BCUT2D eigenvalue weighted by Crippen LogP contribution is -2.11. The normalized spacial score (nSPS) is 17.3. The minimum atomic E-state index is -10.4. The third-order valence-corrected chi connectivity index (χ3v) is 8.22. The van der Waals surface area contributed by atoms with Gasteiger partial charge in [0.25, 0.3) is 9.05 Å². The van der Waals surface area contributed by atoms with E-state index in [1.165, 1.54) is 0 Å². The summed E-state index contributed by atoms with van der Waals surface area (Å²) >= 11 is 4.86. The molecule has 252 valence electrons. The Hall–Kier alpha value is -2.11. The monoisotopic (exact) mass is 770 g/mol. The van der Waals surface area contributed by atoms with Crippen molar-refractivity contribution in [2.24, 2.45) is 0 Å². The minimum Gasteiger partial charge on any atom is -0.205 e. The van der Waals surface area contributed by atoms with Crippen molar-refractivity contribution in [3.63, 3.8) is 0 Å². The fourth-order valence-corrected chi connectivity index (χ4v) is 5.85. The van der Waals surface area contributed by atoms with Gasteiger partial charge in [-0.3, -0.25) is 0 Å². The van der Waals surface area contributed by atoms with Crippen LogP contribution in [0.4, 0.5) is 80.7 Å². The molecule has 3 rings (SSSR count). The molecule has 0 fully saturated rings. The highest BCUT2D eigenvalue weighted by atomic mass is 35.7. The Morgan fingerprint density at radius 3 is 0.884 bits per heavy atom. The molecule has 0 saturated heterocycles. The van der Waals surface area contributed by atoms with Crippen LogP contribution in [0, 0.1) is 34.9 Å². The van der Waals surface area contributed by atoms with Gasteiger partial charge in [0.05, 0.1) is 5.02 Å². The summed E-state index contributed by atoms with van der Waals surface area (Å²) in [5.41, 5.74) is 0. The molecule has 3 aromatic rings. The maximum Gasteiger partial charge on any atom is 0.315 e. The lowest BCUT2D eigenvalue weighted by Gasteiger charge is -2.42. The van der Waals surface area contributed by atoms with E-state index in [9.17, 15) is 80.7 Å². The van der Waals surface area contributed by atoms with Crippen molar-refractivity contribution in [2.45, 2.75) is 14.7 Å². The van der Waals surface area contributed by atoms with Gasteiger partial charge >= 0.3 is 20.4 Å². The maximum atomic E-state index is 12.7. The average molecular weight is 771 g/mol. The van der Waals surface area contributed by atoms with Crippen LogP contribution in [-0.2, 0) is 0 Å². The van der Waals surface area contributed by atoms with Crippen LogP contribution in [0.25, 0.3) is 0 Å². The second-order valence-corrected chi connectivity index (χ2v) is 17.0. The molecule has 0 aliphatic rings. The van der Waals surface area contributed by atoms with Crippen LogP contribution in [0.3, 0.4) is 0 Å². The van der Waals surface area contributed by atoms with Crippen molar-refractivity contribution in [3.05, 3.63) is 88.5 Å². The smallest absolute Gasteiger partial charge is 0.205 e. The first-order chi connectivity index (χ1) is 18.2. The Morgan fingerprint density at radius 2 is 0.674 bits per heavy atom. The van der Waals surface area contributed by atoms with Gasteiger partial charge in [0, 0.05) is 10.7 Å². The second kappa shape index (κ2) is 9.22. The molecular formula is C18H8Cl2F20S3. The molecule has 0 aliphatic heterocycles. The van der Waals surface area contributed by atoms with E-state index in [4.69, 9.17) is 11.6 Å². The van der Waals surface area contributed by atoms with Crippen molar-refractivity contribution >= 4 is 51.8 Å². The number of rotatable bonds is 3. The van der Waals surface area contributed by atoms with Crippen LogP contribution in [0.15, 0.2) is 63.2 Å². The van der Waals surface area contributed by atoms with Gasteiger partial charge in [0.1, 0.15) is 29.1 Å². The predicted octanol–water partition coefficient (Wildman–Crippen LogP) is 14.8. The van der Waals surface area contributed by atoms with E-state index in [0.717, 1.165) is 0 Å². The molecule has 0 N–H and O–H groups in total. The summed E-state index contributed by atoms with van der Waals surface area (Å²) in [5.74, 6) is -13.7. The Kier molecular flexibility index (Phi) is 8.34. The molecule has 0 aromatic heterocycles. The zero-order valence-electron chi connectivity index (χ0n) is 19.2. The van der Waals surface area contributed by atoms with E-state index in [1.54, 1.807) is 0 Å². The summed E-state index contributed by atoms with van der Waals surface area (Å²) in [6, 6.07) is 2.48. The summed E-state index contributed by atoms with van der Waals surface area (Å²) in [6.45, 7) is 0. The van der Waals surface area contributed by atoms with E-state index in [1.807, 2.05) is 0 Å². The van der Waals surface area contributed by atoms with Crippen LogP contribution in [-0.4, -0.2) is 0 Å². The molecule has 0 bridgehead atoms. The molecule has 0 saturated carbocycles. The van der Waals surface area contributed by atoms with Gasteiger partial charge < -0.3 is 0 Å². The standard InChI is InChI=1S/C6H2ClF7S.C6H3ClF6S.C6H3F7S/c7-3-1-2-4(8)6(5(3)9)15(10,11,12,13)14;7-14(10,11,12,13)6-4(8)2-1-3-5(6)9;7-4-2-1-3-5(8)6(4)14(9,10,11,12)13/h1-2H;2*1-3H. The van der Waals surface area contributed by atoms with Gasteiger partial charge in [-0.15, -0.1) is 15.5 Å². The topological polar surface area (TPSA) is 0 Å². The molecule has 0 heterocycles. The molecule has 3 aromatic carbocycles. The molecule has 0 nitrogen and oxygen atoms in total. The number of benzene rings is 3. The zero-order chi connectivity index (χ0) is 34.7. The molecule has 0 spiro atoms. The Balaban J connectivity index is 0.000000323. The van der Waals surface area contributed by atoms with Gasteiger partial charge in [-0.2, -0.15) is 0 Å². The van der Waals surface area contributed by atoms with Crippen LogP contribution in [0.2, 0.25) is 5.02 Å². The van der Waals surface area contributed by atoms with Crippen molar-refractivity contribution in [1.29, 1.82) is 0 Å². The third kappa shape index (κ3) is 10.8. The minimum absolute atomic E-state index is 0.0264. The summed E-state index contributed by atoms with van der Waals surface area (Å²) in [5, 5.41) is -1.22.